The SMILES string of the molecule is CN=C(NCC1CCN(S(=O)(=O)c2ccccc2)CC1)NCC(C)(C)c1cccs1. The number of benzene rings is 1. The second kappa shape index (κ2) is 9.94. The summed E-state index contributed by atoms with van der Waals surface area (Å²) >= 11 is 1.77. The van der Waals surface area contributed by atoms with Gasteiger partial charge in [-0.15, -0.1) is 11.3 Å². The van der Waals surface area contributed by atoms with E-state index in [1.54, 1.807) is 47.0 Å². The molecule has 1 aliphatic heterocycles. The second-order valence-corrected chi connectivity index (χ2v) is 11.2. The van der Waals surface area contributed by atoms with Crippen LogP contribution in [0.3, 0.4) is 0 Å². The molecule has 2 heterocycles. The molecule has 164 valence electrons. The quantitative estimate of drug-likeness (QED) is 0.504. The van der Waals surface area contributed by atoms with Gasteiger partial charge in [0.25, 0.3) is 0 Å². The van der Waals surface area contributed by atoms with Crippen molar-refractivity contribution in [2.75, 3.05) is 33.2 Å². The number of nitrogens with zero attached hydrogens (tertiary/aromatic N) is 2. The van der Waals surface area contributed by atoms with E-state index < -0.39 is 10.0 Å². The minimum atomic E-state index is -3.39. The number of hydrogen-bond acceptors (Lipinski definition) is 4. The monoisotopic (exact) mass is 448 g/mol. The lowest BCUT2D eigenvalue weighted by Crippen LogP contribution is -2.46. The molecule has 30 heavy (non-hydrogen) atoms. The van der Waals surface area contributed by atoms with Crippen LogP contribution in [-0.4, -0.2) is 51.9 Å². The summed E-state index contributed by atoms with van der Waals surface area (Å²) in [6.45, 7) is 7.14. The molecule has 0 radical (unpaired) electrons. The maximum Gasteiger partial charge on any atom is 0.243 e. The van der Waals surface area contributed by atoms with Crippen LogP contribution in [0, 0.1) is 5.92 Å². The van der Waals surface area contributed by atoms with Crippen LogP contribution in [-0.2, 0) is 15.4 Å². The van der Waals surface area contributed by atoms with Crippen LogP contribution in [0.5, 0.6) is 0 Å². The third-order valence-corrected chi connectivity index (χ3v) is 8.77. The van der Waals surface area contributed by atoms with Gasteiger partial charge in [0.15, 0.2) is 5.96 Å². The lowest BCUT2D eigenvalue weighted by Gasteiger charge is -2.32. The number of sulfonamides is 1. The standard InChI is InChI=1S/C22H32N4O2S2/c1-22(2,20-10-7-15-29-20)17-25-21(23-3)24-16-18-11-13-26(14-12-18)30(27,28)19-8-5-4-6-9-19/h4-10,15,18H,11-14,16-17H2,1-3H3,(H2,23,24,25). The molecule has 1 aliphatic rings. The van der Waals surface area contributed by atoms with Crippen molar-refractivity contribution in [2.45, 2.75) is 37.0 Å². The van der Waals surface area contributed by atoms with E-state index in [2.05, 4.69) is 47.0 Å². The van der Waals surface area contributed by atoms with E-state index in [1.165, 1.54) is 4.88 Å². The first kappa shape index (κ1) is 22.8. The highest BCUT2D eigenvalue weighted by Crippen LogP contribution is 2.26. The van der Waals surface area contributed by atoms with E-state index in [0.717, 1.165) is 31.9 Å². The molecule has 0 saturated carbocycles. The van der Waals surface area contributed by atoms with Crippen LogP contribution < -0.4 is 10.6 Å². The molecule has 1 aromatic heterocycles. The van der Waals surface area contributed by atoms with Gasteiger partial charge in [-0.25, -0.2) is 8.42 Å². The van der Waals surface area contributed by atoms with Gasteiger partial charge in [0.1, 0.15) is 0 Å². The van der Waals surface area contributed by atoms with Crippen LogP contribution in [0.2, 0.25) is 0 Å². The highest BCUT2D eigenvalue weighted by Gasteiger charge is 2.29. The van der Waals surface area contributed by atoms with Crippen molar-refractivity contribution >= 4 is 27.3 Å². The summed E-state index contributed by atoms with van der Waals surface area (Å²) in [4.78, 5) is 6.06. The summed E-state index contributed by atoms with van der Waals surface area (Å²) in [5, 5.41) is 8.95. The second-order valence-electron chi connectivity index (χ2n) is 8.33. The lowest BCUT2D eigenvalue weighted by atomic mass is 9.91. The summed E-state index contributed by atoms with van der Waals surface area (Å²) in [6.07, 6.45) is 1.69. The zero-order valence-corrected chi connectivity index (χ0v) is 19.6. The van der Waals surface area contributed by atoms with Crippen LogP contribution in [0.1, 0.15) is 31.6 Å². The van der Waals surface area contributed by atoms with Crippen LogP contribution in [0.15, 0.2) is 57.7 Å². The molecule has 1 saturated heterocycles. The molecule has 8 heteroatoms. The van der Waals surface area contributed by atoms with Crippen molar-refractivity contribution in [3.8, 4) is 0 Å². The van der Waals surface area contributed by atoms with E-state index in [0.29, 0.717) is 23.9 Å². The Morgan fingerprint density at radius 1 is 1.13 bits per heavy atom. The largest absolute Gasteiger partial charge is 0.356 e. The third kappa shape index (κ3) is 5.62. The summed E-state index contributed by atoms with van der Waals surface area (Å²) in [5.41, 5.74) is 0.0307. The molecular weight excluding hydrogens is 416 g/mol. The third-order valence-electron chi connectivity index (χ3n) is 5.62. The van der Waals surface area contributed by atoms with Gasteiger partial charge in [-0.1, -0.05) is 38.1 Å². The van der Waals surface area contributed by atoms with Crippen molar-refractivity contribution in [1.29, 1.82) is 0 Å². The maximum atomic E-state index is 12.8. The van der Waals surface area contributed by atoms with Crippen molar-refractivity contribution < 1.29 is 8.42 Å². The molecule has 0 spiro atoms. The number of aliphatic imine (C=N–C) groups is 1. The summed E-state index contributed by atoms with van der Waals surface area (Å²) < 4.78 is 27.1. The smallest absolute Gasteiger partial charge is 0.243 e. The van der Waals surface area contributed by atoms with Crippen LogP contribution in [0.4, 0.5) is 0 Å². The number of rotatable bonds is 7. The Bertz CT molecular complexity index is 917. The Balaban J connectivity index is 1.45. The molecule has 0 unspecified atom stereocenters. The normalized spacial score (nSPS) is 17.1. The predicted octanol–water partition coefficient (Wildman–Crippen LogP) is 3.29. The Labute approximate surface area is 184 Å². The molecule has 2 N–H and O–H groups in total. The van der Waals surface area contributed by atoms with E-state index in [9.17, 15) is 8.42 Å². The van der Waals surface area contributed by atoms with E-state index in [4.69, 9.17) is 0 Å². The molecule has 2 aromatic rings. The fourth-order valence-corrected chi connectivity index (χ4v) is 5.96. The molecule has 1 fully saturated rings. The van der Waals surface area contributed by atoms with Gasteiger partial charge in [0, 0.05) is 43.5 Å². The molecular formula is C22H32N4O2S2. The number of piperidine rings is 1. The first-order chi connectivity index (χ1) is 14.3. The molecule has 0 bridgehead atoms. The van der Waals surface area contributed by atoms with Crippen LogP contribution in [0.25, 0.3) is 0 Å². The average Bonchev–Trinajstić information content (AvgIpc) is 3.31. The zero-order valence-electron chi connectivity index (χ0n) is 18.0. The van der Waals surface area contributed by atoms with Crippen molar-refractivity contribution in [2.24, 2.45) is 10.9 Å². The summed E-state index contributed by atoms with van der Waals surface area (Å²) in [6, 6.07) is 12.9. The molecule has 3 rings (SSSR count). The number of thiophene rings is 1. The van der Waals surface area contributed by atoms with Crippen molar-refractivity contribution in [3.05, 3.63) is 52.7 Å². The molecule has 6 nitrogen and oxygen atoms in total. The first-order valence-electron chi connectivity index (χ1n) is 10.4. The Hall–Kier alpha value is -1.90. The Morgan fingerprint density at radius 2 is 1.83 bits per heavy atom. The van der Waals surface area contributed by atoms with Gasteiger partial charge >= 0.3 is 0 Å². The Morgan fingerprint density at radius 3 is 2.43 bits per heavy atom. The topological polar surface area (TPSA) is 73.8 Å². The van der Waals surface area contributed by atoms with Gasteiger partial charge in [-0.2, -0.15) is 4.31 Å². The van der Waals surface area contributed by atoms with Gasteiger partial charge in [0.2, 0.25) is 10.0 Å². The number of hydrogen-bond donors (Lipinski definition) is 2. The highest BCUT2D eigenvalue weighted by molar-refractivity contribution is 7.89. The maximum absolute atomic E-state index is 12.8. The van der Waals surface area contributed by atoms with Gasteiger partial charge in [-0.05, 0) is 42.3 Å². The predicted molar refractivity (Wildman–Crippen MR) is 125 cm³/mol. The molecule has 0 amide bonds. The average molecular weight is 449 g/mol. The lowest BCUT2D eigenvalue weighted by molar-refractivity contribution is 0.273. The van der Waals surface area contributed by atoms with Crippen molar-refractivity contribution in [1.82, 2.24) is 14.9 Å². The fourth-order valence-electron chi connectivity index (χ4n) is 3.61. The number of nitrogens with one attached hydrogen (secondary N) is 2. The van der Waals surface area contributed by atoms with Gasteiger partial charge in [0.05, 0.1) is 4.90 Å². The van der Waals surface area contributed by atoms with Crippen LogP contribution >= 0.6 is 11.3 Å². The molecule has 0 aliphatic carbocycles. The zero-order chi connectivity index (χ0) is 21.6. The van der Waals surface area contributed by atoms with Crippen molar-refractivity contribution in [3.63, 3.8) is 0 Å². The van der Waals surface area contributed by atoms with E-state index >= 15 is 0 Å². The molecule has 1 aromatic carbocycles. The van der Waals surface area contributed by atoms with Gasteiger partial charge in [-0.3, -0.25) is 4.99 Å². The van der Waals surface area contributed by atoms with E-state index in [1.807, 2.05) is 6.07 Å². The number of guanidine groups is 1. The molecule has 0 atom stereocenters. The fraction of sp³-hybridized carbons (Fsp3) is 0.500. The summed E-state index contributed by atoms with van der Waals surface area (Å²) in [7, 11) is -1.61. The first-order valence-corrected chi connectivity index (χ1v) is 12.7. The Kier molecular flexibility index (Phi) is 7.55. The minimum Gasteiger partial charge on any atom is -0.356 e. The van der Waals surface area contributed by atoms with E-state index in [-0.39, 0.29) is 5.41 Å². The highest BCUT2D eigenvalue weighted by atomic mass is 32.2. The minimum absolute atomic E-state index is 0.0307. The summed E-state index contributed by atoms with van der Waals surface area (Å²) in [5.74, 6) is 1.22. The van der Waals surface area contributed by atoms with Gasteiger partial charge < -0.3 is 10.6 Å².